The molecular weight excluding hydrogens is 298 g/mol. The molecule has 22 heavy (non-hydrogen) atoms. The van der Waals surface area contributed by atoms with Gasteiger partial charge in [0.25, 0.3) is 0 Å². The lowest BCUT2D eigenvalue weighted by Gasteiger charge is -2.13. The van der Waals surface area contributed by atoms with Gasteiger partial charge in [-0.3, -0.25) is 4.79 Å². The van der Waals surface area contributed by atoms with Crippen molar-refractivity contribution < 1.29 is 4.79 Å². The molecule has 1 heterocycles. The number of aryl methyl sites for hydroxylation is 1. The molecule has 0 saturated carbocycles. The lowest BCUT2D eigenvalue weighted by atomic mass is 10.1. The van der Waals surface area contributed by atoms with Crippen LogP contribution in [0.25, 0.3) is 6.08 Å². The van der Waals surface area contributed by atoms with Crippen molar-refractivity contribution in [1.29, 1.82) is 0 Å². The number of rotatable bonds is 6. The fraction of sp³-hybridized carbons (Fsp3) is 0.294. The highest BCUT2D eigenvalue weighted by Crippen LogP contribution is 2.11. The van der Waals surface area contributed by atoms with Crippen LogP contribution in [-0.2, 0) is 11.3 Å². The number of halogens is 1. The number of carbonyl (C=O) groups is 1. The van der Waals surface area contributed by atoms with Crippen LogP contribution in [0.2, 0.25) is 5.02 Å². The van der Waals surface area contributed by atoms with Crippen LogP contribution in [0, 0.1) is 12.8 Å². The van der Waals surface area contributed by atoms with Gasteiger partial charge in [-0.05, 0) is 36.6 Å². The van der Waals surface area contributed by atoms with Gasteiger partial charge in [0.15, 0.2) is 0 Å². The highest BCUT2D eigenvalue weighted by Gasteiger charge is 2.06. The molecule has 1 aromatic heterocycles. The summed E-state index contributed by atoms with van der Waals surface area (Å²) in [6, 6.07) is 7.38. The Labute approximate surface area is 135 Å². The Morgan fingerprint density at radius 2 is 2.32 bits per heavy atom. The first-order valence-corrected chi connectivity index (χ1v) is 7.61. The molecule has 0 saturated heterocycles. The van der Waals surface area contributed by atoms with Crippen molar-refractivity contribution in [3.8, 4) is 0 Å². The molecule has 0 aliphatic heterocycles. The summed E-state index contributed by atoms with van der Waals surface area (Å²) in [5, 5.41) is 3.57. The van der Waals surface area contributed by atoms with E-state index in [0.717, 1.165) is 17.9 Å². The Hall–Kier alpha value is -2.07. The summed E-state index contributed by atoms with van der Waals surface area (Å²) < 4.78 is 2.08. The lowest BCUT2D eigenvalue weighted by molar-refractivity contribution is -0.116. The maximum absolute atomic E-state index is 11.8. The van der Waals surface area contributed by atoms with Crippen LogP contribution < -0.4 is 5.32 Å². The molecule has 2 rings (SSSR count). The molecule has 1 atom stereocenters. The van der Waals surface area contributed by atoms with E-state index in [1.54, 1.807) is 18.3 Å². The fourth-order valence-electron chi connectivity index (χ4n) is 2.11. The molecule has 0 bridgehead atoms. The smallest absolute Gasteiger partial charge is 0.244 e. The summed E-state index contributed by atoms with van der Waals surface area (Å²) in [6.45, 7) is 5.53. The van der Waals surface area contributed by atoms with Crippen LogP contribution in [0.3, 0.4) is 0 Å². The molecule has 116 valence electrons. The molecule has 1 N–H and O–H groups in total. The van der Waals surface area contributed by atoms with E-state index in [0.29, 0.717) is 17.5 Å². The van der Waals surface area contributed by atoms with Crippen LogP contribution in [0.15, 0.2) is 42.7 Å². The molecule has 4 nitrogen and oxygen atoms in total. The number of amides is 1. The van der Waals surface area contributed by atoms with Gasteiger partial charge in [0.2, 0.25) is 5.91 Å². The van der Waals surface area contributed by atoms with Crippen molar-refractivity contribution in [2.24, 2.45) is 5.92 Å². The third-order valence-electron chi connectivity index (χ3n) is 3.33. The van der Waals surface area contributed by atoms with Crippen molar-refractivity contribution in [1.82, 2.24) is 14.9 Å². The van der Waals surface area contributed by atoms with E-state index in [4.69, 9.17) is 11.6 Å². The molecule has 0 spiro atoms. The Bertz CT molecular complexity index is 663. The van der Waals surface area contributed by atoms with E-state index in [-0.39, 0.29) is 5.91 Å². The second-order valence-electron chi connectivity index (χ2n) is 5.37. The first-order valence-electron chi connectivity index (χ1n) is 7.24. The van der Waals surface area contributed by atoms with E-state index in [1.165, 1.54) is 6.08 Å². The first-order chi connectivity index (χ1) is 10.5. The summed E-state index contributed by atoms with van der Waals surface area (Å²) in [6.07, 6.45) is 7.02. The zero-order chi connectivity index (χ0) is 15.9. The largest absolute Gasteiger partial charge is 0.352 e. The second-order valence-corrected chi connectivity index (χ2v) is 5.80. The lowest BCUT2D eigenvalue weighted by Crippen LogP contribution is -2.28. The van der Waals surface area contributed by atoms with Gasteiger partial charge in [-0.2, -0.15) is 0 Å². The van der Waals surface area contributed by atoms with E-state index in [2.05, 4.69) is 21.8 Å². The number of aromatic nitrogens is 2. The van der Waals surface area contributed by atoms with Gasteiger partial charge in [-0.25, -0.2) is 4.98 Å². The van der Waals surface area contributed by atoms with Gasteiger partial charge in [-0.1, -0.05) is 30.7 Å². The van der Waals surface area contributed by atoms with Gasteiger partial charge in [0.05, 0.1) is 0 Å². The number of carbonyl (C=O) groups excluding carboxylic acids is 1. The van der Waals surface area contributed by atoms with E-state index < -0.39 is 0 Å². The molecule has 1 unspecified atom stereocenters. The minimum Gasteiger partial charge on any atom is -0.352 e. The summed E-state index contributed by atoms with van der Waals surface area (Å²) in [4.78, 5) is 16.0. The Kier molecular flexibility index (Phi) is 5.78. The molecule has 1 amide bonds. The summed E-state index contributed by atoms with van der Waals surface area (Å²) in [5.41, 5.74) is 0.907. The van der Waals surface area contributed by atoms with Crippen LogP contribution in [0.1, 0.15) is 18.3 Å². The molecule has 1 aromatic carbocycles. The number of imidazole rings is 1. The van der Waals surface area contributed by atoms with Gasteiger partial charge < -0.3 is 9.88 Å². The van der Waals surface area contributed by atoms with Crippen LogP contribution in [0.4, 0.5) is 0 Å². The van der Waals surface area contributed by atoms with Crippen molar-refractivity contribution in [3.63, 3.8) is 0 Å². The zero-order valence-corrected chi connectivity index (χ0v) is 13.5. The zero-order valence-electron chi connectivity index (χ0n) is 12.8. The summed E-state index contributed by atoms with van der Waals surface area (Å²) in [5.74, 6) is 1.21. The average molecular weight is 318 g/mol. The number of nitrogens with zero attached hydrogens (tertiary/aromatic N) is 2. The van der Waals surface area contributed by atoms with E-state index >= 15 is 0 Å². The second kappa shape index (κ2) is 7.80. The third-order valence-corrected chi connectivity index (χ3v) is 3.57. The molecule has 5 heteroatoms. The fourth-order valence-corrected chi connectivity index (χ4v) is 2.31. The SMILES string of the molecule is Cc1nccn1CC(C)CNC(=O)C=Cc1cccc(Cl)c1. The Balaban J connectivity index is 1.79. The van der Waals surface area contributed by atoms with Crippen molar-refractivity contribution in [2.45, 2.75) is 20.4 Å². The standard InChI is InChI=1S/C17H20ClN3O/c1-13(12-21-9-8-19-14(21)2)11-20-17(22)7-6-15-4-3-5-16(18)10-15/h3-10,13H,11-12H2,1-2H3,(H,20,22). The Morgan fingerprint density at radius 3 is 3.00 bits per heavy atom. The number of nitrogens with one attached hydrogen (secondary N) is 1. The Morgan fingerprint density at radius 1 is 1.50 bits per heavy atom. The molecular formula is C17H20ClN3O. The van der Waals surface area contributed by atoms with E-state index in [9.17, 15) is 4.79 Å². The maximum Gasteiger partial charge on any atom is 0.244 e. The van der Waals surface area contributed by atoms with Crippen molar-refractivity contribution >= 4 is 23.6 Å². The molecule has 0 aliphatic rings. The first kappa shape index (κ1) is 16.3. The van der Waals surface area contributed by atoms with Crippen LogP contribution in [0.5, 0.6) is 0 Å². The maximum atomic E-state index is 11.8. The van der Waals surface area contributed by atoms with Gasteiger partial charge in [0, 0.05) is 36.6 Å². The topological polar surface area (TPSA) is 46.9 Å². The summed E-state index contributed by atoms with van der Waals surface area (Å²) >= 11 is 5.90. The normalized spacial score (nSPS) is 12.5. The van der Waals surface area contributed by atoms with Gasteiger partial charge >= 0.3 is 0 Å². The minimum absolute atomic E-state index is 0.103. The predicted octanol–water partition coefficient (Wildman–Crippen LogP) is 3.31. The number of hydrogen-bond donors (Lipinski definition) is 1. The van der Waals surface area contributed by atoms with Gasteiger partial charge in [0.1, 0.15) is 5.82 Å². The number of benzene rings is 1. The van der Waals surface area contributed by atoms with E-state index in [1.807, 2.05) is 31.3 Å². The monoisotopic (exact) mass is 317 g/mol. The molecule has 2 aromatic rings. The van der Waals surface area contributed by atoms with Crippen molar-refractivity contribution in [2.75, 3.05) is 6.54 Å². The molecule has 0 radical (unpaired) electrons. The van der Waals surface area contributed by atoms with Crippen molar-refractivity contribution in [3.05, 3.63) is 59.1 Å². The molecule has 0 fully saturated rings. The van der Waals surface area contributed by atoms with Gasteiger partial charge in [-0.15, -0.1) is 0 Å². The highest BCUT2D eigenvalue weighted by molar-refractivity contribution is 6.30. The summed E-state index contributed by atoms with van der Waals surface area (Å²) in [7, 11) is 0. The number of hydrogen-bond acceptors (Lipinski definition) is 2. The third kappa shape index (κ3) is 5.04. The minimum atomic E-state index is -0.103. The van der Waals surface area contributed by atoms with Crippen LogP contribution >= 0.6 is 11.6 Å². The molecule has 0 aliphatic carbocycles. The predicted molar refractivity (Wildman–Crippen MR) is 89.6 cm³/mol. The quantitative estimate of drug-likeness (QED) is 0.831. The average Bonchev–Trinajstić information content (AvgIpc) is 2.88. The van der Waals surface area contributed by atoms with Crippen LogP contribution in [-0.4, -0.2) is 22.0 Å². The highest BCUT2D eigenvalue weighted by atomic mass is 35.5.